The molecule has 0 spiro atoms. The molecule has 5 nitrogen and oxygen atoms in total. The van der Waals surface area contributed by atoms with Gasteiger partial charge in [-0.1, -0.05) is 6.92 Å². The van der Waals surface area contributed by atoms with Gasteiger partial charge in [0.2, 0.25) is 5.91 Å². The predicted octanol–water partition coefficient (Wildman–Crippen LogP) is 0.424. The van der Waals surface area contributed by atoms with Crippen molar-refractivity contribution in [2.45, 2.75) is 31.9 Å². The van der Waals surface area contributed by atoms with Crippen LogP contribution >= 0.6 is 12.4 Å². The van der Waals surface area contributed by atoms with Gasteiger partial charge in [0, 0.05) is 32.1 Å². The SMILES string of the molecule is CCC1CN(C(=O)CC2COCCN2)CCO1.Cl. The highest BCUT2D eigenvalue weighted by atomic mass is 35.5. The van der Waals surface area contributed by atoms with Gasteiger partial charge in [0.1, 0.15) is 0 Å². The van der Waals surface area contributed by atoms with E-state index in [-0.39, 0.29) is 30.5 Å². The molecule has 0 aromatic heterocycles. The van der Waals surface area contributed by atoms with Crippen LogP contribution in [0.5, 0.6) is 0 Å². The minimum atomic E-state index is 0. The molecule has 2 atom stereocenters. The van der Waals surface area contributed by atoms with Crippen molar-refractivity contribution in [1.82, 2.24) is 10.2 Å². The van der Waals surface area contributed by atoms with E-state index in [4.69, 9.17) is 9.47 Å². The van der Waals surface area contributed by atoms with E-state index in [0.717, 1.165) is 32.7 Å². The molecule has 2 fully saturated rings. The fourth-order valence-corrected chi connectivity index (χ4v) is 2.28. The number of rotatable bonds is 3. The van der Waals surface area contributed by atoms with Gasteiger partial charge in [0.25, 0.3) is 0 Å². The summed E-state index contributed by atoms with van der Waals surface area (Å²) in [4.78, 5) is 14.0. The summed E-state index contributed by atoms with van der Waals surface area (Å²) in [6.07, 6.45) is 1.72. The maximum atomic E-state index is 12.1. The third-order valence-electron chi connectivity index (χ3n) is 3.37. The molecule has 0 radical (unpaired) electrons. The number of amides is 1. The van der Waals surface area contributed by atoms with E-state index < -0.39 is 0 Å². The highest BCUT2D eigenvalue weighted by molar-refractivity contribution is 5.85. The number of nitrogens with zero attached hydrogens (tertiary/aromatic N) is 1. The number of nitrogens with one attached hydrogen (secondary N) is 1. The highest BCUT2D eigenvalue weighted by Crippen LogP contribution is 2.11. The summed E-state index contributed by atoms with van der Waals surface area (Å²) in [7, 11) is 0. The fraction of sp³-hybridized carbons (Fsp3) is 0.917. The van der Waals surface area contributed by atoms with Gasteiger partial charge >= 0.3 is 0 Å². The Kier molecular flexibility index (Phi) is 6.92. The maximum absolute atomic E-state index is 12.1. The van der Waals surface area contributed by atoms with Crippen LogP contribution < -0.4 is 5.32 Å². The Bertz CT molecular complexity index is 260. The number of halogens is 1. The van der Waals surface area contributed by atoms with Crippen LogP contribution in [0.4, 0.5) is 0 Å². The summed E-state index contributed by atoms with van der Waals surface area (Å²) in [5.41, 5.74) is 0. The Labute approximate surface area is 115 Å². The Morgan fingerprint density at radius 2 is 2.28 bits per heavy atom. The monoisotopic (exact) mass is 278 g/mol. The van der Waals surface area contributed by atoms with Gasteiger partial charge in [-0.25, -0.2) is 0 Å². The summed E-state index contributed by atoms with van der Waals surface area (Å²) in [5.74, 6) is 0.217. The number of carbonyl (C=O) groups is 1. The molecule has 6 heteroatoms. The van der Waals surface area contributed by atoms with Crippen LogP contribution in [0.25, 0.3) is 0 Å². The van der Waals surface area contributed by atoms with Gasteiger partial charge in [-0.05, 0) is 6.42 Å². The van der Waals surface area contributed by atoms with Crippen molar-refractivity contribution >= 4 is 18.3 Å². The molecule has 106 valence electrons. The first-order valence-corrected chi connectivity index (χ1v) is 6.50. The average Bonchev–Trinajstić information content (AvgIpc) is 2.40. The van der Waals surface area contributed by atoms with E-state index >= 15 is 0 Å². The zero-order valence-electron chi connectivity index (χ0n) is 10.9. The third-order valence-corrected chi connectivity index (χ3v) is 3.37. The van der Waals surface area contributed by atoms with Crippen LogP contribution in [0.15, 0.2) is 0 Å². The zero-order chi connectivity index (χ0) is 12.1. The fourth-order valence-electron chi connectivity index (χ4n) is 2.28. The molecule has 2 aliphatic rings. The molecule has 0 bridgehead atoms. The van der Waals surface area contributed by atoms with E-state index in [9.17, 15) is 4.79 Å². The summed E-state index contributed by atoms with van der Waals surface area (Å²) < 4.78 is 10.9. The molecule has 0 saturated carbocycles. The Morgan fingerprint density at radius 3 is 2.94 bits per heavy atom. The summed E-state index contributed by atoms with van der Waals surface area (Å²) in [6.45, 7) is 6.46. The number of carbonyl (C=O) groups excluding carboxylic acids is 1. The number of morpholine rings is 2. The zero-order valence-corrected chi connectivity index (χ0v) is 11.7. The molecule has 0 aliphatic carbocycles. The van der Waals surface area contributed by atoms with E-state index in [0.29, 0.717) is 19.6 Å². The second-order valence-corrected chi connectivity index (χ2v) is 4.67. The molecule has 2 unspecified atom stereocenters. The Hall–Kier alpha value is -0.360. The van der Waals surface area contributed by atoms with Crippen LogP contribution in [0.2, 0.25) is 0 Å². The summed E-state index contributed by atoms with van der Waals surface area (Å²) in [5, 5.41) is 3.31. The molecule has 1 amide bonds. The molecule has 2 rings (SSSR count). The van der Waals surface area contributed by atoms with E-state index in [1.54, 1.807) is 0 Å². The van der Waals surface area contributed by atoms with Crippen molar-refractivity contribution in [3.8, 4) is 0 Å². The van der Waals surface area contributed by atoms with Crippen LogP contribution in [-0.2, 0) is 14.3 Å². The number of ether oxygens (including phenoxy) is 2. The second kappa shape index (κ2) is 7.94. The van der Waals surface area contributed by atoms with Crippen LogP contribution in [0.3, 0.4) is 0 Å². The van der Waals surface area contributed by atoms with Gasteiger partial charge in [-0.2, -0.15) is 0 Å². The van der Waals surface area contributed by atoms with Gasteiger partial charge < -0.3 is 19.7 Å². The van der Waals surface area contributed by atoms with Crippen LogP contribution in [-0.4, -0.2) is 62.4 Å². The summed E-state index contributed by atoms with van der Waals surface area (Å²) in [6, 6.07) is 0.180. The highest BCUT2D eigenvalue weighted by Gasteiger charge is 2.25. The molecule has 0 aromatic carbocycles. The van der Waals surface area contributed by atoms with Crippen molar-refractivity contribution in [3.05, 3.63) is 0 Å². The lowest BCUT2D eigenvalue weighted by Crippen LogP contribution is -2.49. The second-order valence-electron chi connectivity index (χ2n) is 4.67. The molecule has 1 N–H and O–H groups in total. The molecular formula is C12H23ClN2O3. The van der Waals surface area contributed by atoms with Crippen LogP contribution in [0, 0.1) is 0 Å². The minimum absolute atomic E-state index is 0. The van der Waals surface area contributed by atoms with Gasteiger partial charge in [0.05, 0.1) is 25.9 Å². The molecular weight excluding hydrogens is 256 g/mol. The van der Waals surface area contributed by atoms with E-state index in [1.165, 1.54) is 0 Å². The Morgan fingerprint density at radius 1 is 1.44 bits per heavy atom. The lowest BCUT2D eigenvalue weighted by molar-refractivity contribution is -0.140. The smallest absolute Gasteiger partial charge is 0.224 e. The van der Waals surface area contributed by atoms with Crippen molar-refractivity contribution < 1.29 is 14.3 Å². The lowest BCUT2D eigenvalue weighted by Gasteiger charge is -2.34. The first kappa shape index (κ1) is 15.7. The van der Waals surface area contributed by atoms with Crippen molar-refractivity contribution in [2.24, 2.45) is 0 Å². The summed E-state index contributed by atoms with van der Waals surface area (Å²) >= 11 is 0. The first-order valence-electron chi connectivity index (χ1n) is 6.50. The third kappa shape index (κ3) is 4.39. The largest absolute Gasteiger partial charge is 0.378 e. The predicted molar refractivity (Wildman–Crippen MR) is 71.1 cm³/mol. The lowest BCUT2D eigenvalue weighted by atomic mass is 10.1. The first-order chi connectivity index (χ1) is 8.29. The van der Waals surface area contributed by atoms with Gasteiger partial charge in [0.15, 0.2) is 0 Å². The number of hydrogen-bond acceptors (Lipinski definition) is 4. The van der Waals surface area contributed by atoms with Crippen molar-refractivity contribution in [1.29, 1.82) is 0 Å². The standard InChI is InChI=1S/C12H22N2O3.ClH/c1-2-11-8-14(4-6-17-11)12(15)7-10-9-16-5-3-13-10;/h10-11,13H,2-9H2,1H3;1H. The molecule has 2 heterocycles. The Balaban J connectivity index is 0.00000162. The normalized spacial score (nSPS) is 28.6. The van der Waals surface area contributed by atoms with Crippen molar-refractivity contribution in [2.75, 3.05) is 39.5 Å². The van der Waals surface area contributed by atoms with E-state index in [2.05, 4.69) is 12.2 Å². The quantitative estimate of drug-likeness (QED) is 0.813. The van der Waals surface area contributed by atoms with Crippen LogP contribution in [0.1, 0.15) is 19.8 Å². The maximum Gasteiger partial charge on any atom is 0.224 e. The minimum Gasteiger partial charge on any atom is -0.378 e. The topological polar surface area (TPSA) is 50.8 Å². The van der Waals surface area contributed by atoms with E-state index in [1.807, 2.05) is 4.90 Å². The molecule has 0 aromatic rings. The number of hydrogen-bond donors (Lipinski definition) is 1. The molecule has 2 saturated heterocycles. The average molecular weight is 279 g/mol. The van der Waals surface area contributed by atoms with Gasteiger partial charge in [-0.3, -0.25) is 4.79 Å². The van der Waals surface area contributed by atoms with Gasteiger partial charge in [-0.15, -0.1) is 12.4 Å². The van der Waals surface area contributed by atoms with Crippen molar-refractivity contribution in [3.63, 3.8) is 0 Å². The molecule has 2 aliphatic heterocycles. The molecule has 18 heavy (non-hydrogen) atoms.